The van der Waals surface area contributed by atoms with E-state index in [0.717, 1.165) is 18.4 Å². The summed E-state index contributed by atoms with van der Waals surface area (Å²) in [6.07, 6.45) is 4.54. The van der Waals surface area contributed by atoms with Gasteiger partial charge in [-0.3, -0.25) is 4.79 Å². The number of hydrogen-bond donors (Lipinski definition) is 0. The number of unbranched alkanes of at least 4 members (excludes halogenated alkanes) is 2. The van der Waals surface area contributed by atoms with Crippen LogP contribution in [0.3, 0.4) is 0 Å². The summed E-state index contributed by atoms with van der Waals surface area (Å²) in [5.41, 5.74) is 2.69. The van der Waals surface area contributed by atoms with Crippen LogP contribution < -0.4 is 4.74 Å². The van der Waals surface area contributed by atoms with Gasteiger partial charge in [0.2, 0.25) is 0 Å². The van der Waals surface area contributed by atoms with Crippen molar-refractivity contribution in [2.75, 3.05) is 19.5 Å². The standard InChI is InChI=1S/C25H31NO4S/c1-4-6-7-10-18-13-15-19(16-14-18)23(27)26-21(25(28)30-5-2)17-31-24(26)20-11-8-9-12-22(20)29-3/h8-9,11-16,21,24H,4-7,10,17H2,1-3H3. The van der Waals surface area contributed by atoms with Crippen LogP contribution in [-0.2, 0) is 16.0 Å². The maximum atomic E-state index is 13.6. The number of carbonyl (C=O) groups excluding carboxylic acids is 2. The van der Waals surface area contributed by atoms with Crippen LogP contribution in [0.5, 0.6) is 5.75 Å². The van der Waals surface area contributed by atoms with E-state index in [1.165, 1.54) is 18.4 Å². The third kappa shape index (κ3) is 5.42. The van der Waals surface area contributed by atoms with Crippen LogP contribution in [0.25, 0.3) is 0 Å². The molecule has 1 saturated heterocycles. The molecule has 0 radical (unpaired) electrons. The van der Waals surface area contributed by atoms with Gasteiger partial charge < -0.3 is 14.4 Å². The number of thioether (sulfide) groups is 1. The van der Waals surface area contributed by atoms with Crippen LogP contribution >= 0.6 is 11.8 Å². The second-order valence-electron chi connectivity index (χ2n) is 7.56. The first-order valence-electron chi connectivity index (χ1n) is 10.9. The Hall–Kier alpha value is -2.47. The third-order valence-electron chi connectivity index (χ3n) is 5.47. The SMILES string of the molecule is CCCCCc1ccc(C(=O)N2C(C(=O)OCC)CSC2c2ccccc2OC)cc1. The lowest BCUT2D eigenvalue weighted by atomic mass is 10.0. The van der Waals surface area contributed by atoms with Crippen molar-refractivity contribution in [3.05, 3.63) is 65.2 Å². The van der Waals surface area contributed by atoms with Crippen LogP contribution in [0.2, 0.25) is 0 Å². The molecule has 5 nitrogen and oxygen atoms in total. The minimum atomic E-state index is -0.628. The molecule has 3 rings (SSSR count). The number of carbonyl (C=O) groups is 2. The lowest BCUT2D eigenvalue weighted by Gasteiger charge is -2.29. The average Bonchev–Trinajstić information content (AvgIpc) is 3.24. The molecule has 2 unspecified atom stereocenters. The van der Waals surface area contributed by atoms with Crippen molar-refractivity contribution in [1.82, 2.24) is 4.90 Å². The summed E-state index contributed by atoms with van der Waals surface area (Å²) in [5.74, 6) is 0.659. The lowest BCUT2D eigenvalue weighted by Crippen LogP contribution is -2.44. The van der Waals surface area contributed by atoms with Gasteiger partial charge in [-0.05, 0) is 43.5 Å². The molecule has 0 bridgehead atoms. The van der Waals surface area contributed by atoms with E-state index in [1.54, 1.807) is 30.7 Å². The van der Waals surface area contributed by atoms with Gasteiger partial charge in [0.1, 0.15) is 17.2 Å². The van der Waals surface area contributed by atoms with Crippen molar-refractivity contribution in [2.24, 2.45) is 0 Å². The normalized spacial score (nSPS) is 18.1. The summed E-state index contributed by atoms with van der Waals surface area (Å²) in [6, 6.07) is 14.8. The molecular formula is C25H31NO4S. The summed E-state index contributed by atoms with van der Waals surface area (Å²) >= 11 is 1.56. The van der Waals surface area contributed by atoms with E-state index in [2.05, 4.69) is 6.92 Å². The summed E-state index contributed by atoms with van der Waals surface area (Å²) in [7, 11) is 1.62. The Morgan fingerprint density at radius 3 is 2.48 bits per heavy atom. The molecule has 0 saturated carbocycles. The van der Waals surface area contributed by atoms with Gasteiger partial charge in [0.05, 0.1) is 13.7 Å². The lowest BCUT2D eigenvalue weighted by molar-refractivity contribution is -0.147. The monoisotopic (exact) mass is 441 g/mol. The molecule has 166 valence electrons. The van der Waals surface area contributed by atoms with Crippen molar-refractivity contribution >= 4 is 23.6 Å². The fourth-order valence-electron chi connectivity index (χ4n) is 3.83. The van der Waals surface area contributed by atoms with Crippen LogP contribution in [-0.4, -0.2) is 42.3 Å². The number of para-hydroxylation sites is 1. The minimum Gasteiger partial charge on any atom is -0.496 e. The molecule has 1 fully saturated rings. The molecule has 0 aliphatic carbocycles. The Bertz CT molecular complexity index is 883. The number of ether oxygens (including phenoxy) is 2. The topological polar surface area (TPSA) is 55.8 Å². The van der Waals surface area contributed by atoms with E-state index in [4.69, 9.17) is 9.47 Å². The van der Waals surface area contributed by atoms with Crippen LogP contribution in [0.1, 0.15) is 60.0 Å². The molecular weight excluding hydrogens is 410 g/mol. The van der Waals surface area contributed by atoms with E-state index >= 15 is 0 Å². The second kappa shape index (κ2) is 11.2. The molecule has 1 aliphatic heterocycles. The Morgan fingerprint density at radius 1 is 1.06 bits per heavy atom. The zero-order chi connectivity index (χ0) is 22.2. The first kappa shape index (κ1) is 23.2. The maximum absolute atomic E-state index is 13.6. The molecule has 1 aliphatic rings. The fraction of sp³-hybridized carbons (Fsp3) is 0.440. The molecule has 0 spiro atoms. The maximum Gasteiger partial charge on any atom is 0.329 e. The third-order valence-corrected chi connectivity index (χ3v) is 6.77. The Morgan fingerprint density at radius 2 is 1.81 bits per heavy atom. The fourth-order valence-corrected chi connectivity index (χ4v) is 5.27. The highest BCUT2D eigenvalue weighted by atomic mass is 32.2. The molecule has 0 aromatic heterocycles. The highest BCUT2D eigenvalue weighted by Crippen LogP contribution is 2.45. The van der Waals surface area contributed by atoms with Gasteiger partial charge in [0.25, 0.3) is 5.91 Å². The first-order chi connectivity index (χ1) is 15.1. The van der Waals surface area contributed by atoms with Gasteiger partial charge in [0, 0.05) is 16.9 Å². The molecule has 31 heavy (non-hydrogen) atoms. The summed E-state index contributed by atoms with van der Waals surface area (Å²) in [6.45, 7) is 4.25. The molecule has 1 heterocycles. The van der Waals surface area contributed by atoms with Crippen molar-refractivity contribution in [1.29, 1.82) is 0 Å². The van der Waals surface area contributed by atoms with Crippen molar-refractivity contribution in [3.63, 3.8) is 0 Å². The van der Waals surface area contributed by atoms with Crippen molar-refractivity contribution in [2.45, 2.75) is 50.9 Å². The zero-order valence-electron chi connectivity index (χ0n) is 18.5. The Labute approximate surface area is 189 Å². The van der Waals surface area contributed by atoms with Crippen LogP contribution in [0.15, 0.2) is 48.5 Å². The van der Waals surface area contributed by atoms with E-state index in [0.29, 0.717) is 17.1 Å². The molecule has 0 N–H and O–H groups in total. The first-order valence-corrected chi connectivity index (χ1v) is 12.0. The predicted molar refractivity (Wildman–Crippen MR) is 124 cm³/mol. The van der Waals surface area contributed by atoms with Gasteiger partial charge in [-0.25, -0.2) is 4.79 Å². The second-order valence-corrected chi connectivity index (χ2v) is 8.68. The number of amides is 1. The smallest absolute Gasteiger partial charge is 0.329 e. The number of esters is 1. The molecule has 6 heteroatoms. The average molecular weight is 442 g/mol. The Kier molecular flexibility index (Phi) is 8.41. The van der Waals surface area contributed by atoms with E-state index in [1.807, 2.05) is 48.5 Å². The molecule has 2 atom stereocenters. The van der Waals surface area contributed by atoms with E-state index < -0.39 is 6.04 Å². The summed E-state index contributed by atoms with van der Waals surface area (Å²) in [4.78, 5) is 27.9. The van der Waals surface area contributed by atoms with E-state index in [9.17, 15) is 9.59 Å². The molecule has 2 aromatic rings. The van der Waals surface area contributed by atoms with Gasteiger partial charge >= 0.3 is 5.97 Å². The van der Waals surface area contributed by atoms with Gasteiger partial charge in [-0.15, -0.1) is 11.8 Å². The molecule has 1 amide bonds. The number of aryl methyl sites for hydroxylation is 1. The zero-order valence-corrected chi connectivity index (χ0v) is 19.3. The number of rotatable bonds is 9. The quantitative estimate of drug-likeness (QED) is 0.393. The van der Waals surface area contributed by atoms with Gasteiger partial charge in [0.15, 0.2) is 0 Å². The van der Waals surface area contributed by atoms with Crippen LogP contribution in [0, 0.1) is 0 Å². The number of methoxy groups -OCH3 is 1. The highest BCUT2D eigenvalue weighted by molar-refractivity contribution is 7.99. The predicted octanol–water partition coefficient (Wildman–Crippen LogP) is 5.25. The van der Waals surface area contributed by atoms with E-state index in [-0.39, 0.29) is 23.9 Å². The number of hydrogen-bond acceptors (Lipinski definition) is 5. The minimum absolute atomic E-state index is 0.168. The summed E-state index contributed by atoms with van der Waals surface area (Å²) < 4.78 is 10.8. The summed E-state index contributed by atoms with van der Waals surface area (Å²) in [5, 5.41) is -0.317. The number of nitrogens with zero attached hydrogens (tertiary/aromatic N) is 1. The highest BCUT2D eigenvalue weighted by Gasteiger charge is 2.44. The number of benzene rings is 2. The van der Waals surface area contributed by atoms with Gasteiger partial charge in [-0.1, -0.05) is 50.1 Å². The largest absolute Gasteiger partial charge is 0.496 e. The van der Waals surface area contributed by atoms with Gasteiger partial charge in [-0.2, -0.15) is 0 Å². The molecule has 2 aromatic carbocycles. The van der Waals surface area contributed by atoms with Crippen LogP contribution in [0.4, 0.5) is 0 Å². The van der Waals surface area contributed by atoms with Crippen molar-refractivity contribution < 1.29 is 19.1 Å². The van der Waals surface area contributed by atoms with Crippen molar-refractivity contribution in [3.8, 4) is 5.75 Å². The Balaban J connectivity index is 1.89.